The summed E-state index contributed by atoms with van der Waals surface area (Å²) in [5, 5.41) is 18.8. The van der Waals surface area contributed by atoms with Crippen LogP contribution in [0.3, 0.4) is 0 Å². The molecule has 1 fully saturated rings. The number of carbonyl (C=O) groups is 1. The van der Waals surface area contributed by atoms with Gasteiger partial charge in [-0.05, 0) is 0 Å². The van der Waals surface area contributed by atoms with Crippen molar-refractivity contribution >= 4 is 35.5 Å². The summed E-state index contributed by atoms with van der Waals surface area (Å²) >= 11 is 0. The van der Waals surface area contributed by atoms with Gasteiger partial charge in [0, 0.05) is 35.1 Å². The zero-order valence-corrected chi connectivity index (χ0v) is 12.9. The summed E-state index contributed by atoms with van der Waals surface area (Å²) in [6.45, 7) is 0.162. The predicted octanol–water partition coefficient (Wildman–Crippen LogP) is 0.973. The zero-order valence-electron chi connectivity index (χ0n) is 10.9. The number of aliphatic hydroxyl groups is 2. The van der Waals surface area contributed by atoms with Gasteiger partial charge in [-0.15, -0.1) is 0 Å². The number of benzene rings is 1. The van der Waals surface area contributed by atoms with Gasteiger partial charge in [-0.1, -0.05) is 30.3 Å². The monoisotopic (exact) mass is 287 g/mol. The third-order valence-electron chi connectivity index (χ3n) is 3.06. The minimum absolute atomic E-state index is 0. The van der Waals surface area contributed by atoms with E-state index in [1.807, 2.05) is 30.3 Å². The van der Waals surface area contributed by atoms with Crippen LogP contribution in [-0.2, 0) is 19.0 Å². The van der Waals surface area contributed by atoms with E-state index in [0.29, 0.717) is 0 Å². The Balaban J connectivity index is 0.00000147. The topological polar surface area (TPSA) is 85.2 Å². The number of aliphatic hydroxyl groups excluding tert-OH is 2. The molecule has 2 heterocycles. The SMILES string of the molecule is O=C1O[C@H](C2COC(c3ccccc3)O2)C(O)=C1O.[Na]. The van der Waals surface area contributed by atoms with Crippen LogP contribution in [-0.4, -0.2) is 64.6 Å². The Kier molecular flexibility index (Phi) is 4.72. The number of cyclic esters (lactones) is 1. The first-order valence-electron chi connectivity index (χ1n) is 5.82. The number of hydrogen-bond acceptors (Lipinski definition) is 6. The van der Waals surface area contributed by atoms with Gasteiger partial charge in [0.2, 0.25) is 5.76 Å². The van der Waals surface area contributed by atoms with Crippen molar-refractivity contribution in [3.05, 3.63) is 47.4 Å². The molecule has 20 heavy (non-hydrogen) atoms. The first kappa shape index (κ1) is 15.3. The van der Waals surface area contributed by atoms with Gasteiger partial charge in [-0.3, -0.25) is 0 Å². The fourth-order valence-electron chi connectivity index (χ4n) is 2.08. The van der Waals surface area contributed by atoms with Crippen LogP contribution in [0.2, 0.25) is 0 Å². The minimum Gasteiger partial charge on any atom is -0.505 e. The van der Waals surface area contributed by atoms with E-state index in [1.54, 1.807) is 0 Å². The maximum Gasteiger partial charge on any atom is 0.377 e. The molecule has 0 spiro atoms. The zero-order chi connectivity index (χ0) is 13.4. The molecular formula is C13H12NaO6. The summed E-state index contributed by atoms with van der Waals surface area (Å²) in [6.07, 6.45) is -2.22. The average Bonchev–Trinajstić information content (AvgIpc) is 3.01. The fourth-order valence-corrected chi connectivity index (χ4v) is 2.08. The number of esters is 1. The first-order valence-corrected chi connectivity index (χ1v) is 5.82. The Morgan fingerprint density at radius 2 is 1.85 bits per heavy atom. The van der Waals surface area contributed by atoms with E-state index in [9.17, 15) is 15.0 Å². The van der Waals surface area contributed by atoms with Crippen molar-refractivity contribution in [3.63, 3.8) is 0 Å². The molecule has 2 unspecified atom stereocenters. The van der Waals surface area contributed by atoms with Gasteiger partial charge < -0.3 is 24.4 Å². The van der Waals surface area contributed by atoms with Crippen molar-refractivity contribution in [1.82, 2.24) is 0 Å². The van der Waals surface area contributed by atoms with Crippen LogP contribution in [0.15, 0.2) is 41.9 Å². The Hall–Kier alpha value is -1.05. The van der Waals surface area contributed by atoms with E-state index in [1.165, 1.54) is 0 Å². The van der Waals surface area contributed by atoms with Crippen molar-refractivity contribution in [2.45, 2.75) is 18.5 Å². The molecule has 0 aliphatic carbocycles. The van der Waals surface area contributed by atoms with Crippen LogP contribution < -0.4 is 0 Å². The molecule has 101 valence electrons. The second-order valence-corrected chi connectivity index (χ2v) is 4.31. The number of ether oxygens (including phenoxy) is 3. The molecule has 1 aromatic carbocycles. The van der Waals surface area contributed by atoms with Gasteiger partial charge in [0.15, 0.2) is 18.2 Å². The molecule has 2 aliphatic rings. The van der Waals surface area contributed by atoms with E-state index in [-0.39, 0.29) is 36.2 Å². The van der Waals surface area contributed by atoms with E-state index in [0.717, 1.165) is 5.56 Å². The van der Waals surface area contributed by atoms with Gasteiger partial charge in [0.1, 0.15) is 6.10 Å². The molecule has 0 amide bonds. The Bertz CT molecular complexity index is 529. The van der Waals surface area contributed by atoms with Crippen LogP contribution in [0.25, 0.3) is 0 Å². The van der Waals surface area contributed by atoms with Crippen LogP contribution >= 0.6 is 0 Å². The van der Waals surface area contributed by atoms with Crippen molar-refractivity contribution in [1.29, 1.82) is 0 Å². The summed E-state index contributed by atoms with van der Waals surface area (Å²) in [4.78, 5) is 11.1. The van der Waals surface area contributed by atoms with Crippen LogP contribution in [0.1, 0.15) is 11.9 Å². The molecule has 1 radical (unpaired) electrons. The number of rotatable bonds is 2. The van der Waals surface area contributed by atoms with E-state index < -0.39 is 36.0 Å². The standard InChI is InChI=1S/C13H12O6.Na/c14-9-10(15)12(16)19-11(9)8-6-17-13(18-8)7-4-2-1-3-5-7;/h1-5,8,11,13-15H,6H2;/t8?,11-,13?;/m1./s1. The van der Waals surface area contributed by atoms with E-state index >= 15 is 0 Å². The molecular weight excluding hydrogens is 275 g/mol. The maximum atomic E-state index is 11.1. The van der Waals surface area contributed by atoms with Crippen molar-refractivity contribution in [2.24, 2.45) is 0 Å². The smallest absolute Gasteiger partial charge is 0.377 e. The van der Waals surface area contributed by atoms with Crippen molar-refractivity contribution in [2.75, 3.05) is 6.61 Å². The van der Waals surface area contributed by atoms with Crippen LogP contribution in [0, 0.1) is 0 Å². The summed E-state index contributed by atoms with van der Waals surface area (Å²) < 4.78 is 15.9. The fraction of sp³-hybridized carbons (Fsp3) is 0.308. The second-order valence-electron chi connectivity index (χ2n) is 4.31. The quantitative estimate of drug-likeness (QED) is 0.623. The second kappa shape index (κ2) is 6.15. The maximum absolute atomic E-state index is 11.1. The van der Waals surface area contributed by atoms with Crippen molar-refractivity contribution < 1.29 is 29.2 Å². The minimum atomic E-state index is -1.01. The molecule has 6 nitrogen and oxygen atoms in total. The van der Waals surface area contributed by atoms with E-state index in [2.05, 4.69) is 0 Å². The largest absolute Gasteiger partial charge is 0.505 e. The number of hydrogen-bond donors (Lipinski definition) is 2. The van der Waals surface area contributed by atoms with Gasteiger partial charge in [-0.2, -0.15) is 0 Å². The van der Waals surface area contributed by atoms with Crippen molar-refractivity contribution in [3.8, 4) is 0 Å². The summed E-state index contributed by atoms with van der Waals surface area (Å²) in [6, 6.07) is 9.28. The molecule has 0 aromatic heterocycles. The van der Waals surface area contributed by atoms with Gasteiger partial charge in [0.05, 0.1) is 6.61 Å². The summed E-state index contributed by atoms with van der Waals surface area (Å²) in [5.74, 6) is -2.22. The van der Waals surface area contributed by atoms with Gasteiger partial charge in [0.25, 0.3) is 0 Å². The Morgan fingerprint density at radius 3 is 2.45 bits per heavy atom. The average molecular weight is 287 g/mol. The van der Waals surface area contributed by atoms with Crippen LogP contribution in [0.4, 0.5) is 0 Å². The molecule has 2 N–H and O–H groups in total. The van der Waals surface area contributed by atoms with E-state index in [4.69, 9.17) is 14.2 Å². The van der Waals surface area contributed by atoms with Gasteiger partial charge >= 0.3 is 5.97 Å². The molecule has 0 bridgehead atoms. The Labute approximate surface area is 137 Å². The molecule has 7 heteroatoms. The molecule has 3 rings (SSSR count). The molecule has 2 aliphatic heterocycles. The predicted molar refractivity (Wildman–Crippen MR) is 67.9 cm³/mol. The molecule has 1 saturated heterocycles. The number of carbonyl (C=O) groups excluding carboxylic acids is 1. The Morgan fingerprint density at radius 1 is 1.15 bits per heavy atom. The third-order valence-corrected chi connectivity index (χ3v) is 3.06. The normalized spacial score (nSPS) is 29.2. The molecule has 1 aromatic rings. The molecule has 0 saturated carbocycles. The summed E-state index contributed by atoms with van der Waals surface area (Å²) in [5.41, 5.74) is 0.835. The molecule has 3 atom stereocenters. The summed E-state index contributed by atoms with van der Waals surface area (Å²) in [7, 11) is 0. The first-order chi connectivity index (χ1) is 9.16. The van der Waals surface area contributed by atoms with Gasteiger partial charge in [-0.25, -0.2) is 4.79 Å². The van der Waals surface area contributed by atoms with Crippen LogP contribution in [0.5, 0.6) is 0 Å². The third kappa shape index (κ3) is 2.70.